The van der Waals surface area contributed by atoms with Crippen molar-refractivity contribution in [2.75, 3.05) is 17.2 Å². The Morgan fingerprint density at radius 2 is 2.05 bits per heavy atom. The zero-order valence-electron chi connectivity index (χ0n) is 12.7. The van der Waals surface area contributed by atoms with Crippen LogP contribution in [0.3, 0.4) is 0 Å². The lowest BCUT2D eigenvalue weighted by molar-refractivity contribution is 0.861. The van der Waals surface area contributed by atoms with Gasteiger partial charge in [0.1, 0.15) is 5.02 Å². The van der Waals surface area contributed by atoms with Crippen molar-refractivity contribution in [1.29, 1.82) is 0 Å². The molecule has 1 unspecified atom stereocenters. The van der Waals surface area contributed by atoms with Gasteiger partial charge in [-0.05, 0) is 31.4 Å². The molecule has 0 spiro atoms. The number of nitrogens with zero attached hydrogens (tertiary/aromatic N) is 2. The quantitative estimate of drug-likeness (QED) is 0.828. The van der Waals surface area contributed by atoms with E-state index < -0.39 is 0 Å². The number of nitrogens with one attached hydrogen (secondary N) is 2. The second-order valence-electron chi connectivity index (χ2n) is 5.04. The number of halogens is 1. The Morgan fingerprint density at radius 1 is 1.29 bits per heavy atom. The third-order valence-electron chi connectivity index (χ3n) is 3.29. The summed E-state index contributed by atoms with van der Waals surface area (Å²) in [5.41, 5.74) is 2.47. The highest BCUT2D eigenvalue weighted by atomic mass is 35.5. The van der Waals surface area contributed by atoms with Gasteiger partial charge in [0.15, 0.2) is 5.82 Å². The summed E-state index contributed by atoms with van der Waals surface area (Å²) in [4.78, 5) is 8.62. The molecule has 2 N–H and O–H groups in total. The van der Waals surface area contributed by atoms with Crippen LogP contribution in [0.4, 0.5) is 11.8 Å². The first-order valence-corrected chi connectivity index (χ1v) is 7.58. The van der Waals surface area contributed by atoms with E-state index in [1.54, 1.807) is 6.20 Å². The molecule has 0 fully saturated rings. The summed E-state index contributed by atoms with van der Waals surface area (Å²) in [6, 6.07) is 8.41. The summed E-state index contributed by atoms with van der Waals surface area (Å²) in [6.45, 7) is 7.14. The molecule has 0 saturated carbocycles. The molecule has 0 bridgehead atoms. The lowest BCUT2D eigenvalue weighted by atomic mass is 10.0. The zero-order chi connectivity index (χ0) is 15.2. The van der Waals surface area contributed by atoms with Crippen molar-refractivity contribution in [2.24, 2.45) is 0 Å². The van der Waals surface area contributed by atoms with Crippen LogP contribution >= 0.6 is 11.6 Å². The Bertz CT molecular complexity index is 601. The van der Waals surface area contributed by atoms with Crippen LogP contribution in [-0.2, 0) is 0 Å². The average Bonchev–Trinajstić information content (AvgIpc) is 2.48. The van der Waals surface area contributed by atoms with Crippen molar-refractivity contribution in [3.63, 3.8) is 0 Å². The summed E-state index contributed by atoms with van der Waals surface area (Å²) in [7, 11) is 0. The Morgan fingerprint density at radius 3 is 2.76 bits per heavy atom. The summed E-state index contributed by atoms with van der Waals surface area (Å²) in [5, 5.41) is 7.05. The smallest absolute Gasteiger partial charge is 0.224 e. The van der Waals surface area contributed by atoms with Crippen molar-refractivity contribution < 1.29 is 0 Å². The molecule has 0 aliphatic rings. The molecule has 4 nitrogen and oxygen atoms in total. The summed E-state index contributed by atoms with van der Waals surface area (Å²) < 4.78 is 0. The molecule has 2 aromatic rings. The maximum absolute atomic E-state index is 6.19. The summed E-state index contributed by atoms with van der Waals surface area (Å²) >= 11 is 6.19. The van der Waals surface area contributed by atoms with Crippen LogP contribution in [0.15, 0.2) is 30.5 Å². The number of anilines is 2. The normalized spacial score (nSPS) is 12.0. The second-order valence-corrected chi connectivity index (χ2v) is 5.45. The first kappa shape index (κ1) is 15.6. The van der Waals surface area contributed by atoms with Crippen LogP contribution in [0.1, 0.15) is 37.4 Å². The van der Waals surface area contributed by atoms with Gasteiger partial charge in [0, 0.05) is 6.54 Å². The fraction of sp³-hybridized carbons (Fsp3) is 0.375. The molecule has 21 heavy (non-hydrogen) atoms. The fourth-order valence-corrected chi connectivity index (χ4v) is 2.29. The molecule has 0 amide bonds. The van der Waals surface area contributed by atoms with E-state index in [0.717, 1.165) is 13.0 Å². The van der Waals surface area contributed by atoms with Crippen LogP contribution in [0.5, 0.6) is 0 Å². The second kappa shape index (κ2) is 7.27. The topological polar surface area (TPSA) is 49.8 Å². The molecule has 5 heteroatoms. The monoisotopic (exact) mass is 304 g/mol. The van der Waals surface area contributed by atoms with Gasteiger partial charge in [0.05, 0.1) is 12.2 Å². The number of aromatic nitrogens is 2. The summed E-state index contributed by atoms with van der Waals surface area (Å²) in [5.74, 6) is 1.25. The van der Waals surface area contributed by atoms with Crippen LogP contribution in [-0.4, -0.2) is 16.5 Å². The minimum Gasteiger partial charge on any atom is -0.362 e. The van der Waals surface area contributed by atoms with Crippen molar-refractivity contribution in [3.8, 4) is 0 Å². The Kier molecular flexibility index (Phi) is 5.39. The number of benzene rings is 1. The van der Waals surface area contributed by atoms with E-state index >= 15 is 0 Å². The highest BCUT2D eigenvalue weighted by Crippen LogP contribution is 2.26. The molecule has 0 saturated heterocycles. The third-order valence-corrected chi connectivity index (χ3v) is 3.56. The van der Waals surface area contributed by atoms with E-state index in [1.807, 2.05) is 12.1 Å². The number of hydrogen-bond acceptors (Lipinski definition) is 4. The van der Waals surface area contributed by atoms with Crippen LogP contribution < -0.4 is 10.6 Å². The lowest BCUT2D eigenvalue weighted by Crippen LogP contribution is -2.12. The third kappa shape index (κ3) is 4.08. The largest absolute Gasteiger partial charge is 0.362 e. The van der Waals surface area contributed by atoms with E-state index in [9.17, 15) is 0 Å². The predicted octanol–water partition coefficient (Wildman–Crippen LogP) is 4.43. The first-order chi connectivity index (χ1) is 10.1. The minimum atomic E-state index is 0.123. The molecule has 2 rings (SSSR count). The molecule has 1 aromatic heterocycles. The maximum atomic E-state index is 6.19. The molecular formula is C16H21ClN4. The van der Waals surface area contributed by atoms with E-state index in [-0.39, 0.29) is 6.04 Å². The molecule has 1 atom stereocenters. The van der Waals surface area contributed by atoms with Crippen molar-refractivity contribution in [1.82, 2.24) is 9.97 Å². The molecule has 1 aromatic carbocycles. The Balaban J connectivity index is 2.16. The predicted molar refractivity (Wildman–Crippen MR) is 89.0 cm³/mol. The van der Waals surface area contributed by atoms with Crippen molar-refractivity contribution >= 4 is 23.4 Å². The van der Waals surface area contributed by atoms with E-state index in [4.69, 9.17) is 11.6 Å². The van der Waals surface area contributed by atoms with E-state index in [1.165, 1.54) is 11.1 Å². The van der Waals surface area contributed by atoms with Crippen LogP contribution in [0.25, 0.3) is 0 Å². The van der Waals surface area contributed by atoms with E-state index in [2.05, 4.69) is 53.5 Å². The number of aryl methyl sites for hydroxylation is 1. The molecule has 1 heterocycles. The van der Waals surface area contributed by atoms with Gasteiger partial charge in [0.25, 0.3) is 0 Å². The Labute approximate surface area is 131 Å². The first-order valence-electron chi connectivity index (χ1n) is 7.20. The fourth-order valence-electron chi connectivity index (χ4n) is 2.15. The molecule has 0 aliphatic heterocycles. The van der Waals surface area contributed by atoms with Crippen LogP contribution in [0, 0.1) is 6.92 Å². The molecular weight excluding hydrogens is 284 g/mol. The molecule has 0 aliphatic carbocycles. The van der Waals surface area contributed by atoms with Gasteiger partial charge >= 0.3 is 0 Å². The lowest BCUT2D eigenvalue weighted by Gasteiger charge is -2.18. The van der Waals surface area contributed by atoms with Crippen LogP contribution in [0.2, 0.25) is 5.02 Å². The number of rotatable bonds is 6. The standard InChI is InChI=1S/C16H21ClN4/c1-4-9-18-16-19-10-14(17)15(21-16)20-12(3)13-8-6-5-7-11(13)2/h5-8,10,12H,4,9H2,1-3H3,(H2,18,19,20,21). The zero-order valence-corrected chi connectivity index (χ0v) is 13.4. The van der Waals surface area contributed by atoms with E-state index in [0.29, 0.717) is 16.8 Å². The SMILES string of the molecule is CCCNc1ncc(Cl)c(NC(C)c2ccccc2C)n1. The highest BCUT2D eigenvalue weighted by molar-refractivity contribution is 6.32. The Hall–Kier alpha value is -1.81. The van der Waals surface area contributed by atoms with Crippen molar-refractivity contribution in [2.45, 2.75) is 33.2 Å². The van der Waals surface area contributed by atoms with Gasteiger partial charge in [-0.25, -0.2) is 4.98 Å². The molecule has 112 valence electrons. The van der Waals surface area contributed by atoms with Gasteiger partial charge in [-0.15, -0.1) is 0 Å². The maximum Gasteiger partial charge on any atom is 0.224 e. The van der Waals surface area contributed by atoms with Crippen molar-refractivity contribution in [3.05, 3.63) is 46.6 Å². The summed E-state index contributed by atoms with van der Waals surface area (Å²) in [6.07, 6.45) is 2.65. The van der Waals surface area contributed by atoms with Gasteiger partial charge in [-0.2, -0.15) is 4.98 Å². The molecule has 0 radical (unpaired) electrons. The van der Waals surface area contributed by atoms with Gasteiger partial charge in [0.2, 0.25) is 5.95 Å². The highest BCUT2D eigenvalue weighted by Gasteiger charge is 2.11. The van der Waals surface area contributed by atoms with Gasteiger partial charge < -0.3 is 10.6 Å². The number of hydrogen-bond donors (Lipinski definition) is 2. The average molecular weight is 305 g/mol. The minimum absolute atomic E-state index is 0.123. The van der Waals surface area contributed by atoms with Gasteiger partial charge in [-0.3, -0.25) is 0 Å². The van der Waals surface area contributed by atoms with Gasteiger partial charge in [-0.1, -0.05) is 42.8 Å².